The van der Waals surface area contributed by atoms with Gasteiger partial charge in [0.15, 0.2) is 0 Å². The predicted octanol–water partition coefficient (Wildman–Crippen LogP) is 0.683. The zero-order chi connectivity index (χ0) is 10.1. The standard InChI is InChI=1S/C8H18N4O.ClH/c1-2-3-4-5-6-7(13)11-12-8(9)10;/h2-6H2,1H3,(H,11,13)(H4,9,10,12);1H. The fraction of sp³-hybridized carbons (Fsp3) is 0.750. The van der Waals surface area contributed by atoms with Crippen molar-refractivity contribution in [1.82, 2.24) is 5.43 Å². The zero-order valence-electron chi connectivity index (χ0n) is 8.45. The second-order valence-electron chi connectivity index (χ2n) is 2.88. The van der Waals surface area contributed by atoms with Crippen LogP contribution in [0.4, 0.5) is 0 Å². The minimum absolute atomic E-state index is 0. The minimum Gasteiger partial charge on any atom is -0.369 e. The maximum atomic E-state index is 11.0. The molecule has 0 saturated carbocycles. The smallest absolute Gasteiger partial charge is 0.240 e. The molecule has 0 aliphatic carbocycles. The Balaban J connectivity index is 0. The Morgan fingerprint density at radius 1 is 1.29 bits per heavy atom. The Labute approximate surface area is 90.7 Å². The molecule has 1 amide bonds. The van der Waals surface area contributed by atoms with E-state index in [1.807, 2.05) is 0 Å². The summed E-state index contributed by atoms with van der Waals surface area (Å²) in [5.41, 5.74) is 12.3. The van der Waals surface area contributed by atoms with Gasteiger partial charge in [-0.15, -0.1) is 17.5 Å². The van der Waals surface area contributed by atoms with E-state index in [2.05, 4.69) is 17.5 Å². The maximum absolute atomic E-state index is 11.0. The third kappa shape index (κ3) is 11.0. The van der Waals surface area contributed by atoms with Gasteiger partial charge in [-0.3, -0.25) is 4.79 Å². The van der Waals surface area contributed by atoms with Gasteiger partial charge in [-0.25, -0.2) is 5.43 Å². The van der Waals surface area contributed by atoms with Crippen LogP contribution in [0.25, 0.3) is 0 Å². The average Bonchev–Trinajstić information content (AvgIpc) is 2.09. The molecule has 0 radical (unpaired) electrons. The normalized spacial score (nSPS) is 8.64. The number of halogens is 1. The van der Waals surface area contributed by atoms with Crippen molar-refractivity contribution < 1.29 is 4.79 Å². The second-order valence-corrected chi connectivity index (χ2v) is 2.88. The van der Waals surface area contributed by atoms with Gasteiger partial charge in [0.2, 0.25) is 11.9 Å². The van der Waals surface area contributed by atoms with Crippen LogP contribution in [0.3, 0.4) is 0 Å². The fourth-order valence-corrected chi connectivity index (χ4v) is 0.895. The lowest BCUT2D eigenvalue weighted by Crippen LogP contribution is -2.28. The molecule has 0 fully saturated rings. The van der Waals surface area contributed by atoms with Crippen LogP contribution in [0.5, 0.6) is 0 Å². The van der Waals surface area contributed by atoms with Gasteiger partial charge >= 0.3 is 0 Å². The predicted molar refractivity (Wildman–Crippen MR) is 60.0 cm³/mol. The van der Waals surface area contributed by atoms with Crippen LogP contribution in [-0.2, 0) is 4.79 Å². The Kier molecular flexibility index (Phi) is 11.2. The molecule has 5 nitrogen and oxygen atoms in total. The first-order chi connectivity index (χ1) is 6.16. The number of nitrogens with one attached hydrogen (secondary N) is 1. The Bertz CT molecular complexity index is 180. The van der Waals surface area contributed by atoms with E-state index in [0.29, 0.717) is 6.42 Å². The summed E-state index contributed by atoms with van der Waals surface area (Å²) in [6, 6.07) is 0. The van der Waals surface area contributed by atoms with E-state index in [9.17, 15) is 4.79 Å². The number of nitrogens with two attached hydrogens (primary N) is 2. The highest BCUT2D eigenvalue weighted by molar-refractivity contribution is 5.85. The van der Waals surface area contributed by atoms with Gasteiger partial charge in [-0.1, -0.05) is 26.2 Å². The van der Waals surface area contributed by atoms with Crippen LogP contribution >= 0.6 is 12.4 Å². The molecule has 0 aliphatic heterocycles. The van der Waals surface area contributed by atoms with Gasteiger partial charge in [0.05, 0.1) is 0 Å². The zero-order valence-corrected chi connectivity index (χ0v) is 9.27. The largest absolute Gasteiger partial charge is 0.369 e. The van der Waals surface area contributed by atoms with E-state index in [1.165, 1.54) is 0 Å². The van der Waals surface area contributed by atoms with Crippen molar-refractivity contribution >= 4 is 24.3 Å². The number of carbonyl (C=O) groups excluding carboxylic acids is 1. The number of hydrazone groups is 1. The van der Waals surface area contributed by atoms with Crippen LogP contribution in [0.1, 0.15) is 39.0 Å². The lowest BCUT2D eigenvalue weighted by atomic mass is 10.1. The van der Waals surface area contributed by atoms with Gasteiger partial charge in [0, 0.05) is 6.42 Å². The monoisotopic (exact) mass is 222 g/mol. The van der Waals surface area contributed by atoms with E-state index >= 15 is 0 Å². The molecule has 0 aromatic heterocycles. The van der Waals surface area contributed by atoms with E-state index in [0.717, 1.165) is 25.7 Å². The molecule has 0 bridgehead atoms. The molecule has 0 rings (SSSR count). The summed E-state index contributed by atoms with van der Waals surface area (Å²) < 4.78 is 0. The van der Waals surface area contributed by atoms with Crippen LogP contribution in [0.15, 0.2) is 5.10 Å². The van der Waals surface area contributed by atoms with Crippen molar-refractivity contribution in [3.05, 3.63) is 0 Å². The molecule has 5 N–H and O–H groups in total. The summed E-state index contributed by atoms with van der Waals surface area (Å²) in [5, 5.41) is 3.40. The van der Waals surface area contributed by atoms with Gasteiger partial charge in [0.1, 0.15) is 0 Å². The van der Waals surface area contributed by atoms with Crippen molar-refractivity contribution in [2.45, 2.75) is 39.0 Å². The number of unbranched alkanes of at least 4 members (excludes halogenated alkanes) is 3. The number of carbonyl (C=O) groups is 1. The van der Waals surface area contributed by atoms with Gasteiger partial charge in [-0.05, 0) is 6.42 Å². The van der Waals surface area contributed by atoms with Gasteiger partial charge in [0.25, 0.3) is 0 Å². The molecule has 0 atom stereocenters. The summed E-state index contributed by atoms with van der Waals surface area (Å²) >= 11 is 0. The molecule has 14 heavy (non-hydrogen) atoms. The van der Waals surface area contributed by atoms with Crippen molar-refractivity contribution in [3.63, 3.8) is 0 Å². The summed E-state index contributed by atoms with van der Waals surface area (Å²) in [4.78, 5) is 11.0. The summed E-state index contributed by atoms with van der Waals surface area (Å²) in [6.45, 7) is 2.12. The molecule has 0 spiro atoms. The quantitative estimate of drug-likeness (QED) is 0.267. The highest BCUT2D eigenvalue weighted by Crippen LogP contribution is 2.01. The first-order valence-electron chi connectivity index (χ1n) is 4.54. The summed E-state index contributed by atoms with van der Waals surface area (Å²) in [6.07, 6.45) is 4.77. The third-order valence-electron chi connectivity index (χ3n) is 1.57. The molecule has 84 valence electrons. The van der Waals surface area contributed by atoms with Crippen LogP contribution in [0.2, 0.25) is 0 Å². The first-order valence-corrected chi connectivity index (χ1v) is 4.54. The molecular formula is C8H19ClN4O. The van der Waals surface area contributed by atoms with E-state index < -0.39 is 0 Å². The highest BCUT2D eigenvalue weighted by Gasteiger charge is 1.98. The van der Waals surface area contributed by atoms with Crippen molar-refractivity contribution in [2.75, 3.05) is 0 Å². The number of guanidine groups is 1. The SMILES string of the molecule is CCCCCCC(=O)NN=C(N)N.Cl. The van der Waals surface area contributed by atoms with Gasteiger partial charge in [-0.2, -0.15) is 0 Å². The topological polar surface area (TPSA) is 93.5 Å². The Morgan fingerprint density at radius 3 is 2.43 bits per heavy atom. The molecule has 0 aromatic carbocycles. The van der Waals surface area contributed by atoms with Crippen molar-refractivity contribution in [2.24, 2.45) is 16.6 Å². The van der Waals surface area contributed by atoms with Crippen LogP contribution in [-0.4, -0.2) is 11.9 Å². The molecule has 6 heteroatoms. The number of amides is 1. The minimum atomic E-state index is -0.135. The summed E-state index contributed by atoms with van der Waals surface area (Å²) in [7, 11) is 0. The average molecular weight is 223 g/mol. The molecular weight excluding hydrogens is 204 g/mol. The lowest BCUT2D eigenvalue weighted by molar-refractivity contribution is -0.121. The number of nitrogens with zero attached hydrogens (tertiary/aromatic N) is 1. The van der Waals surface area contributed by atoms with Crippen LogP contribution < -0.4 is 16.9 Å². The lowest BCUT2D eigenvalue weighted by Gasteiger charge is -1.99. The van der Waals surface area contributed by atoms with Crippen molar-refractivity contribution in [3.8, 4) is 0 Å². The van der Waals surface area contributed by atoms with E-state index in [1.54, 1.807) is 0 Å². The van der Waals surface area contributed by atoms with E-state index in [-0.39, 0.29) is 24.3 Å². The van der Waals surface area contributed by atoms with Crippen molar-refractivity contribution in [1.29, 1.82) is 0 Å². The maximum Gasteiger partial charge on any atom is 0.240 e. The first kappa shape index (κ1) is 15.5. The third-order valence-corrected chi connectivity index (χ3v) is 1.57. The highest BCUT2D eigenvalue weighted by atomic mass is 35.5. The molecule has 0 unspecified atom stereocenters. The summed E-state index contributed by atoms with van der Waals surface area (Å²) in [5.74, 6) is -0.258. The van der Waals surface area contributed by atoms with Gasteiger partial charge < -0.3 is 11.5 Å². The molecule has 0 saturated heterocycles. The number of hydrogen-bond acceptors (Lipinski definition) is 2. The van der Waals surface area contributed by atoms with E-state index in [4.69, 9.17) is 11.5 Å². The fourth-order valence-electron chi connectivity index (χ4n) is 0.895. The Hall–Kier alpha value is -0.970. The Morgan fingerprint density at radius 2 is 1.93 bits per heavy atom. The number of hydrogen-bond donors (Lipinski definition) is 3. The number of rotatable bonds is 6. The molecule has 0 aromatic rings. The molecule has 0 aliphatic rings. The second kappa shape index (κ2) is 10.1. The molecule has 0 heterocycles. The van der Waals surface area contributed by atoms with Crippen LogP contribution in [0, 0.1) is 0 Å².